The van der Waals surface area contributed by atoms with E-state index in [1.54, 1.807) is 7.11 Å². The van der Waals surface area contributed by atoms with Gasteiger partial charge in [0.1, 0.15) is 6.79 Å². The molecule has 2 fully saturated rings. The number of aliphatic hydroxyl groups excluding tert-OH is 2. The lowest BCUT2D eigenvalue weighted by molar-refractivity contribution is -0.231. The third-order valence-corrected chi connectivity index (χ3v) is 15.1. The third-order valence-electron chi connectivity index (χ3n) is 10.6. The predicted molar refractivity (Wildman–Crippen MR) is 140 cm³/mol. The van der Waals surface area contributed by atoms with Crippen molar-refractivity contribution >= 4 is 8.32 Å². The molecule has 3 aliphatic carbocycles. The van der Waals surface area contributed by atoms with E-state index in [1.165, 1.54) is 5.57 Å². The van der Waals surface area contributed by atoms with E-state index in [4.69, 9.17) is 13.9 Å². The molecule has 0 aromatic rings. The molecule has 0 aliphatic heterocycles. The lowest BCUT2D eigenvalue weighted by atomic mass is 9.43. The maximum Gasteiger partial charge on any atom is 0.192 e. The quantitative estimate of drug-likeness (QED) is 0.189. The van der Waals surface area contributed by atoms with Crippen molar-refractivity contribution in [2.24, 2.45) is 28.1 Å². The topological polar surface area (TPSA) is 68.2 Å². The van der Waals surface area contributed by atoms with Crippen LogP contribution < -0.4 is 0 Å². The molecule has 198 valence electrons. The molecular formula is C28H52O5Si. The number of aliphatic hydroxyl groups is 2. The Bertz CT molecular complexity index is 756. The highest BCUT2D eigenvalue weighted by Gasteiger charge is 2.69. The summed E-state index contributed by atoms with van der Waals surface area (Å²) in [4.78, 5) is 0. The summed E-state index contributed by atoms with van der Waals surface area (Å²) >= 11 is 0. The van der Waals surface area contributed by atoms with Gasteiger partial charge >= 0.3 is 0 Å². The summed E-state index contributed by atoms with van der Waals surface area (Å²) in [7, 11) is -0.396. The number of hydrogen-bond donors (Lipinski definition) is 2. The Hall–Kier alpha value is -0.243. The Morgan fingerprint density at radius 3 is 2.32 bits per heavy atom. The lowest BCUT2D eigenvalue weighted by Crippen LogP contribution is -2.67. The van der Waals surface area contributed by atoms with Crippen LogP contribution in [0, 0.1) is 28.1 Å². The van der Waals surface area contributed by atoms with Crippen LogP contribution in [0.2, 0.25) is 18.1 Å². The number of ether oxygens (including phenoxy) is 2. The van der Waals surface area contributed by atoms with Crippen molar-refractivity contribution in [1.29, 1.82) is 0 Å². The van der Waals surface area contributed by atoms with Crippen molar-refractivity contribution in [3.05, 3.63) is 11.6 Å². The molecule has 0 saturated heterocycles. The van der Waals surface area contributed by atoms with E-state index < -0.39 is 25.9 Å². The van der Waals surface area contributed by atoms with Gasteiger partial charge in [-0.2, -0.15) is 0 Å². The van der Waals surface area contributed by atoms with Gasteiger partial charge in [0.25, 0.3) is 0 Å². The van der Waals surface area contributed by atoms with Crippen molar-refractivity contribution in [1.82, 2.24) is 0 Å². The second-order valence-corrected chi connectivity index (χ2v) is 18.5. The monoisotopic (exact) mass is 496 g/mol. The number of hydrogen-bond acceptors (Lipinski definition) is 5. The molecule has 5 nitrogen and oxygen atoms in total. The average Bonchev–Trinajstić information content (AvgIpc) is 2.90. The first kappa shape index (κ1) is 28.3. The van der Waals surface area contributed by atoms with Crippen LogP contribution in [-0.2, 0) is 13.9 Å². The zero-order valence-corrected chi connectivity index (χ0v) is 24.5. The summed E-state index contributed by atoms with van der Waals surface area (Å²) in [6.45, 7) is 21.6. The molecule has 0 bridgehead atoms. The molecule has 6 heteroatoms. The molecule has 2 saturated carbocycles. The van der Waals surface area contributed by atoms with E-state index in [0.29, 0.717) is 25.7 Å². The van der Waals surface area contributed by atoms with Crippen molar-refractivity contribution < 1.29 is 24.1 Å². The van der Waals surface area contributed by atoms with Crippen molar-refractivity contribution in [3.8, 4) is 0 Å². The molecule has 0 radical (unpaired) electrons. The van der Waals surface area contributed by atoms with Gasteiger partial charge in [0.05, 0.1) is 12.2 Å². The van der Waals surface area contributed by atoms with Crippen molar-refractivity contribution in [3.63, 3.8) is 0 Å². The normalized spacial score (nSPS) is 40.0. The van der Waals surface area contributed by atoms with Crippen LogP contribution in [0.15, 0.2) is 11.6 Å². The molecule has 0 spiro atoms. The fraction of sp³-hybridized carbons (Fsp3) is 0.929. The van der Waals surface area contributed by atoms with Crippen molar-refractivity contribution in [2.75, 3.05) is 20.5 Å². The van der Waals surface area contributed by atoms with E-state index in [9.17, 15) is 10.2 Å². The molecule has 0 heterocycles. The van der Waals surface area contributed by atoms with E-state index in [1.807, 2.05) is 0 Å². The molecule has 0 aromatic heterocycles. The summed E-state index contributed by atoms with van der Waals surface area (Å²) in [6, 6.07) is 0. The van der Waals surface area contributed by atoms with Gasteiger partial charge in [-0.1, -0.05) is 53.2 Å². The maximum absolute atomic E-state index is 11.7. The van der Waals surface area contributed by atoms with Crippen LogP contribution in [0.5, 0.6) is 0 Å². The number of methoxy groups -OCH3 is 1. The molecule has 3 rings (SSSR count). The summed E-state index contributed by atoms with van der Waals surface area (Å²) in [6.07, 6.45) is 5.65. The molecule has 7 atom stereocenters. The summed E-state index contributed by atoms with van der Waals surface area (Å²) in [5.41, 5.74) is 0.677. The predicted octanol–water partition coefficient (Wildman–Crippen LogP) is 5.91. The summed E-state index contributed by atoms with van der Waals surface area (Å²) in [5, 5.41) is 23.2. The van der Waals surface area contributed by atoms with Gasteiger partial charge < -0.3 is 24.1 Å². The van der Waals surface area contributed by atoms with Gasteiger partial charge in [-0.3, -0.25) is 0 Å². The minimum Gasteiger partial charge on any atom is -0.414 e. The number of fused-ring (bicyclic) bond motifs is 3. The average molecular weight is 497 g/mol. The fourth-order valence-corrected chi connectivity index (χ4v) is 8.77. The van der Waals surface area contributed by atoms with Crippen LogP contribution in [0.3, 0.4) is 0 Å². The SMILES string of the molecule is COCOCCC[C@@]12C=C(C)C(C)(C)[C@@H]1C[C@H](O)[C@@]1(C)[C@H](O)CC[C@H](O[Si](C)(C)C(C)(C)C)[C@H]21. The van der Waals surface area contributed by atoms with Gasteiger partial charge in [-0.05, 0) is 73.9 Å². The largest absolute Gasteiger partial charge is 0.414 e. The Morgan fingerprint density at radius 2 is 1.74 bits per heavy atom. The number of allylic oxidation sites excluding steroid dienone is 2. The van der Waals surface area contributed by atoms with Gasteiger partial charge in [0.2, 0.25) is 0 Å². The van der Waals surface area contributed by atoms with Crippen LogP contribution in [0.1, 0.15) is 80.6 Å². The molecule has 2 N–H and O–H groups in total. The summed E-state index contributed by atoms with van der Waals surface area (Å²) in [5.74, 6) is 0.372. The molecule has 34 heavy (non-hydrogen) atoms. The van der Waals surface area contributed by atoms with Crippen molar-refractivity contribution in [2.45, 2.75) is 117 Å². The first-order valence-corrected chi connectivity index (χ1v) is 16.3. The zero-order chi connectivity index (χ0) is 25.7. The Kier molecular flexibility index (Phi) is 7.97. The first-order valence-electron chi connectivity index (χ1n) is 13.4. The molecule has 3 aliphatic rings. The van der Waals surface area contributed by atoms with Crippen LogP contribution in [0.4, 0.5) is 0 Å². The van der Waals surface area contributed by atoms with E-state index in [-0.39, 0.29) is 27.9 Å². The molecular weight excluding hydrogens is 444 g/mol. The van der Waals surface area contributed by atoms with Crippen LogP contribution >= 0.6 is 0 Å². The maximum atomic E-state index is 11.7. The Balaban J connectivity index is 2.09. The molecule has 0 unspecified atom stereocenters. The summed E-state index contributed by atoms with van der Waals surface area (Å²) < 4.78 is 18.0. The van der Waals surface area contributed by atoms with Gasteiger partial charge in [0.15, 0.2) is 8.32 Å². The fourth-order valence-electron chi connectivity index (χ4n) is 7.40. The highest BCUT2D eigenvalue weighted by atomic mass is 28.4. The lowest BCUT2D eigenvalue weighted by Gasteiger charge is -2.65. The van der Waals surface area contributed by atoms with Crippen LogP contribution in [0.25, 0.3) is 0 Å². The standard InChI is InChI=1S/C28H52O5Si/c1-19-17-28(14-11-15-32-18-31-8)21(26(19,5)6)16-23(30)27(7)22(29)13-12-20(24(27)28)33-34(9,10)25(2,3)4/h17,20-24,29-30H,11-16,18H2,1-10H3/t20-,21-,22+,23-,24-,27+,28+/m0/s1. The smallest absolute Gasteiger partial charge is 0.192 e. The van der Waals surface area contributed by atoms with Crippen LogP contribution in [-0.4, -0.2) is 57.4 Å². The highest BCUT2D eigenvalue weighted by Crippen LogP contribution is 2.70. The zero-order valence-electron chi connectivity index (χ0n) is 23.5. The van der Waals surface area contributed by atoms with Gasteiger partial charge in [-0.15, -0.1) is 0 Å². The minimum absolute atomic E-state index is 0.000377. The first-order chi connectivity index (χ1) is 15.6. The van der Waals surface area contributed by atoms with Gasteiger partial charge in [0, 0.05) is 31.2 Å². The highest BCUT2D eigenvalue weighted by molar-refractivity contribution is 6.74. The second kappa shape index (κ2) is 9.57. The molecule has 0 amide bonds. The van der Waals surface area contributed by atoms with Gasteiger partial charge in [-0.25, -0.2) is 0 Å². The van der Waals surface area contributed by atoms with E-state index in [2.05, 4.69) is 67.6 Å². The third kappa shape index (κ3) is 4.49. The minimum atomic E-state index is -2.05. The Morgan fingerprint density at radius 1 is 1.09 bits per heavy atom. The van der Waals surface area contributed by atoms with E-state index in [0.717, 1.165) is 25.7 Å². The number of rotatable bonds is 8. The second-order valence-electron chi connectivity index (χ2n) is 13.7. The van der Waals surface area contributed by atoms with E-state index >= 15 is 0 Å². The molecule has 0 aromatic carbocycles. The Labute approximate surface area is 209 Å².